The van der Waals surface area contributed by atoms with Crippen LogP contribution in [0.15, 0.2) is 41.3 Å². The molecule has 1 aliphatic rings. The van der Waals surface area contributed by atoms with Crippen LogP contribution in [0, 0.1) is 23.0 Å². The van der Waals surface area contributed by atoms with Gasteiger partial charge in [0.1, 0.15) is 17.3 Å². The van der Waals surface area contributed by atoms with E-state index in [-0.39, 0.29) is 34.1 Å². The number of hydrogen-bond acceptors (Lipinski definition) is 4. The van der Waals surface area contributed by atoms with Crippen molar-refractivity contribution in [3.63, 3.8) is 0 Å². The Balaban J connectivity index is 1.83. The molecule has 0 aliphatic heterocycles. The second kappa shape index (κ2) is 6.64. The van der Waals surface area contributed by atoms with Gasteiger partial charge in [-0.3, -0.25) is 4.79 Å². The first-order chi connectivity index (χ1) is 13.5. The number of hydrogen-bond donors (Lipinski definition) is 2. The van der Waals surface area contributed by atoms with E-state index in [1.807, 2.05) is 30.3 Å². The number of fused-ring (bicyclic) bond motifs is 1. The van der Waals surface area contributed by atoms with Crippen molar-refractivity contribution in [2.24, 2.45) is 0 Å². The van der Waals surface area contributed by atoms with Crippen molar-refractivity contribution in [2.45, 2.75) is 31.8 Å². The number of halogens is 2. The van der Waals surface area contributed by atoms with Gasteiger partial charge < -0.3 is 15.6 Å². The van der Waals surface area contributed by atoms with Gasteiger partial charge in [0, 0.05) is 24.7 Å². The lowest BCUT2D eigenvalue weighted by Crippen LogP contribution is -2.18. The molecular formula is C21H18F2N4O. The first-order valence-corrected chi connectivity index (χ1v) is 9.03. The molecule has 2 atom stereocenters. The Labute approximate surface area is 160 Å². The molecule has 28 heavy (non-hydrogen) atoms. The van der Waals surface area contributed by atoms with Crippen LogP contribution in [0.25, 0.3) is 10.9 Å². The zero-order valence-corrected chi connectivity index (χ0v) is 15.2. The normalized spacial score (nSPS) is 18.1. The molecule has 0 radical (unpaired) electrons. The number of aromatic nitrogens is 1. The molecule has 142 valence electrons. The van der Waals surface area contributed by atoms with Crippen LogP contribution in [-0.2, 0) is 6.54 Å². The SMILES string of the molecule is CCn1cc(C#N)c(=O)c2c(N)c(F)c(N[C@@H]3C[C@H]3c3ccccc3)c(F)c21. The minimum atomic E-state index is -1.00. The molecule has 3 aromatic rings. The highest BCUT2D eigenvalue weighted by Crippen LogP contribution is 2.44. The summed E-state index contributed by atoms with van der Waals surface area (Å²) in [4.78, 5) is 12.5. The molecule has 0 unspecified atom stereocenters. The third kappa shape index (κ3) is 2.69. The number of nitrogens with zero attached hydrogens (tertiary/aromatic N) is 2. The summed E-state index contributed by atoms with van der Waals surface area (Å²) in [5.41, 5.74) is 5.13. The zero-order valence-electron chi connectivity index (χ0n) is 15.2. The minimum absolute atomic E-state index is 0.0928. The first-order valence-electron chi connectivity index (χ1n) is 9.03. The van der Waals surface area contributed by atoms with E-state index in [2.05, 4.69) is 5.32 Å². The molecule has 4 rings (SSSR count). The maximum atomic E-state index is 15.3. The molecule has 1 aliphatic carbocycles. The Morgan fingerprint density at radius 3 is 2.64 bits per heavy atom. The molecule has 1 heterocycles. The number of benzene rings is 2. The van der Waals surface area contributed by atoms with Crippen LogP contribution in [-0.4, -0.2) is 10.6 Å². The highest BCUT2D eigenvalue weighted by Gasteiger charge is 2.39. The molecule has 0 bridgehead atoms. The van der Waals surface area contributed by atoms with E-state index in [0.717, 1.165) is 12.0 Å². The lowest BCUT2D eigenvalue weighted by Gasteiger charge is -2.17. The topological polar surface area (TPSA) is 83.8 Å². The smallest absolute Gasteiger partial charge is 0.209 e. The number of nitrogens with two attached hydrogens (primary N) is 1. The molecule has 1 fully saturated rings. The van der Waals surface area contributed by atoms with E-state index in [1.54, 1.807) is 13.0 Å². The van der Waals surface area contributed by atoms with Crippen molar-refractivity contribution in [1.29, 1.82) is 5.26 Å². The van der Waals surface area contributed by atoms with Gasteiger partial charge in [0.25, 0.3) is 0 Å². The lowest BCUT2D eigenvalue weighted by molar-refractivity contribution is 0.591. The number of nitriles is 1. The van der Waals surface area contributed by atoms with Gasteiger partial charge in [-0.1, -0.05) is 30.3 Å². The summed E-state index contributed by atoms with van der Waals surface area (Å²) < 4.78 is 31.6. The summed E-state index contributed by atoms with van der Waals surface area (Å²) in [6, 6.07) is 11.4. The van der Waals surface area contributed by atoms with Crippen molar-refractivity contribution in [1.82, 2.24) is 4.57 Å². The van der Waals surface area contributed by atoms with Gasteiger partial charge in [0.2, 0.25) is 5.43 Å². The molecule has 3 N–H and O–H groups in total. The third-order valence-electron chi connectivity index (χ3n) is 5.24. The van der Waals surface area contributed by atoms with Crippen molar-refractivity contribution in [2.75, 3.05) is 11.1 Å². The first kappa shape index (κ1) is 18.0. The molecular weight excluding hydrogens is 362 g/mol. The number of rotatable bonds is 4. The summed E-state index contributed by atoms with van der Waals surface area (Å²) in [6.07, 6.45) is 2.02. The predicted molar refractivity (Wildman–Crippen MR) is 104 cm³/mol. The van der Waals surface area contributed by atoms with Crippen LogP contribution >= 0.6 is 0 Å². The van der Waals surface area contributed by atoms with Gasteiger partial charge in [0.15, 0.2) is 11.6 Å². The summed E-state index contributed by atoms with van der Waals surface area (Å²) in [5, 5.41) is 11.8. The number of aryl methyl sites for hydroxylation is 1. The van der Waals surface area contributed by atoms with Crippen LogP contribution in [0.3, 0.4) is 0 Å². The van der Waals surface area contributed by atoms with Gasteiger partial charge in [-0.05, 0) is 18.9 Å². The van der Waals surface area contributed by atoms with E-state index >= 15 is 4.39 Å². The highest BCUT2D eigenvalue weighted by atomic mass is 19.1. The van der Waals surface area contributed by atoms with E-state index in [9.17, 15) is 9.18 Å². The summed E-state index contributed by atoms with van der Waals surface area (Å²) in [5.74, 6) is -1.71. The lowest BCUT2D eigenvalue weighted by atomic mass is 10.1. The minimum Gasteiger partial charge on any atom is -0.396 e. The van der Waals surface area contributed by atoms with Crippen LogP contribution in [0.2, 0.25) is 0 Å². The fraction of sp³-hybridized carbons (Fsp3) is 0.238. The van der Waals surface area contributed by atoms with Gasteiger partial charge in [0.05, 0.1) is 16.6 Å². The third-order valence-corrected chi connectivity index (χ3v) is 5.24. The molecule has 0 saturated heterocycles. The van der Waals surface area contributed by atoms with Gasteiger partial charge in [-0.2, -0.15) is 5.26 Å². The monoisotopic (exact) mass is 380 g/mol. The molecule has 0 spiro atoms. The number of nitrogen functional groups attached to an aromatic ring is 1. The van der Waals surface area contributed by atoms with Crippen LogP contribution < -0.4 is 16.5 Å². The Morgan fingerprint density at radius 1 is 1.29 bits per heavy atom. The van der Waals surface area contributed by atoms with E-state index in [4.69, 9.17) is 11.0 Å². The molecule has 7 heteroatoms. The molecule has 0 amide bonds. The van der Waals surface area contributed by atoms with Crippen molar-refractivity contribution < 1.29 is 8.78 Å². The van der Waals surface area contributed by atoms with Crippen molar-refractivity contribution in [3.05, 3.63) is 69.5 Å². The fourth-order valence-electron chi connectivity index (χ4n) is 3.67. The highest BCUT2D eigenvalue weighted by molar-refractivity contribution is 5.95. The maximum absolute atomic E-state index is 15.3. The van der Waals surface area contributed by atoms with Crippen LogP contribution in [0.5, 0.6) is 0 Å². The van der Waals surface area contributed by atoms with E-state index in [0.29, 0.717) is 6.54 Å². The standard InChI is InChI=1S/C21H18F2N4O/c1-2-27-10-12(9-24)21(28)15-18(25)16(22)19(17(23)20(15)27)26-14-8-13(14)11-6-4-3-5-7-11/h3-7,10,13-14,26H,2,8,25H2,1H3/t13-,14+/m0/s1. The van der Waals surface area contributed by atoms with Crippen molar-refractivity contribution >= 4 is 22.3 Å². The average molecular weight is 380 g/mol. The Kier molecular flexibility index (Phi) is 4.27. The van der Waals surface area contributed by atoms with E-state index in [1.165, 1.54) is 10.8 Å². The maximum Gasteiger partial charge on any atom is 0.209 e. The average Bonchev–Trinajstić information content (AvgIpc) is 3.49. The fourth-order valence-corrected chi connectivity index (χ4v) is 3.67. The number of nitrogens with one attached hydrogen (secondary N) is 1. The second-order valence-corrected chi connectivity index (χ2v) is 6.91. The quantitative estimate of drug-likeness (QED) is 0.676. The molecule has 1 saturated carbocycles. The summed E-state index contributed by atoms with van der Waals surface area (Å²) >= 11 is 0. The Morgan fingerprint density at radius 2 is 2.00 bits per heavy atom. The van der Waals surface area contributed by atoms with E-state index < -0.39 is 22.8 Å². The van der Waals surface area contributed by atoms with Gasteiger partial charge in [-0.25, -0.2) is 8.78 Å². The second-order valence-electron chi connectivity index (χ2n) is 6.91. The molecule has 2 aromatic carbocycles. The molecule has 1 aromatic heterocycles. The molecule has 5 nitrogen and oxygen atoms in total. The number of anilines is 2. The Bertz CT molecular complexity index is 1180. The van der Waals surface area contributed by atoms with Crippen LogP contribution in [0.4, 0.5) is 20.2 Å². The Hall–Kier alpha value is -3.40. The predicted octanol–water partition coefficient (Wildman–Crippen LogP) is 3.72. The summed E-state index contributed by atoms with van der Waals surface area (Å²) in [6.45, 7) is 2.03. The van der Waals surface area contributed by atoms with Crippen molar-refractivity contribution in [3.8, 4) is 6.07 Å². The number of pyridine rings is 1. The van der Waals surface area contributed by atoms with Crippen LogP contribution in [0.1, 0.15) is 30.4 Å². The zero-order chi connectivity index (χ0) is 20.0. The van der Waals surface area contributed by atoms with Gasteiger partial charge >= 0.3 is 0 Å². The largest absolute Gasteiger partial charge is 0.396 e. The van der Waals surface area contributed by atoms with Gasteiger partial charge in [-0.15, -0.1) is 0 Å². The summed E-state index contributed by atoms with van der Waals surface area (Å²) in [7, 11) is 0.